The van der Waals surface area contributed by atoms with E-state index in [1.54, 1.807) is 12.4 Å². The Morgan fingerprint density at radius 1 is 1.43 bits per heavy atom. The van der Waals surface area contributed by atoms with E-state index in [2.05, 4.69) is 9.98 Å². The molecule has 1 aliphatic rings. The Bertz CT molecular complexity index is 108. The molecule has 1 heterocycles. The zero-order chi connectivity index (χ0) is 4.95. The van der Waals surface area contributed by atoms with Crippen molar-refractivity contribution < 1.29 is 0 Å². The van der Waals surface area contributed by atoms with Gasteiger partial charge < -0.3 is 0 Å². The summed E-state index contributed by atoms with van der Waals surface area (Å²) in [5.41, 5.74) is 0. The summed E-state index contributed by atoms with van der Waals surface area (Å²) in [7, 11) is 0. The lowest BCUT2D eigenvalue weighted by Crippen LogP contribution is -1.86. The molecular formula is C5H6N2+. The summed E-state index contributed by atoms with van der Waals surface area (Å²) in [5, 5.41) is 0. The Labute approximate surface area is 42.3 Å². The molecule has 0 amide bonds. The van der Waals surface area contributed by atoms with Crippen LogP contribution in [-0.2, 0) is 0 Å². The fourth-order valence-electron chi connectivity index (χ4n) is 0.363. The van der Waals surface area contributed by atoms with E-state index in [0.717, 1.165) is 0 Å². The van der Waals surface area contributed by atoms with Crippen LogP contribution >= 0.6 is 0 Å². The summed E-state index contributed by atoms with van der Waals surface area (Å²) in [6.45, 7) is 0.576. The van der Waals surface area contributed by atoms with Gasteiger partial charge in [-0.15, -0.1) is 0 Å². The van der Waals surface area contributed by atoms with Crippen LogP contribution in [-0.4, -0.2) is 19.1 Å². The summed E-state index contributed by atoms with van der Waals surface area (Å²) in [5.74, 6) is 0. The lowest BCUT2D eigenvalue weighted by Gasteiger charge is -1.60. The summed E-state index contributed by atoms with van der Waals surface area (Å²) < 4.78 is 0. The van der Waals surface area contributed by atoms with Crippen LogP contribution < -0.4 is 4.99 Å². The SMILES string of the molecule is C1=CC=[N+]CN=C1. The summed E-state index contributed by atoms with van der Waals surface area (Å²) in [4.78, 5) is 7.72. The van der Waals surface area contributed by atoms with Crippen LogP contribution in [0.15, 0.2) is 17.1 Å². The molecular weight excluding hydrogens is 88.1 g/mol. The van der Waals surface area contributed by atoms with E-state index in [1.807, 2.05) is 12.2 Å². The third-order valence-electron chi connectivity index (χ3n) is 0.657. The maximum absolute atomic E-state index is 3.86. The molecule has 0 bridgehead atoms. The zero-order valence-electron chi connectivity index (χ0n) is 3.91. The van der Waals surface area contributed by atoms with Crippen LogP contribution in [0.25, 0.3) is 0 Å². The average molecular weight is 94.1 g/mol. The van der Waals surface area contributed by atoms with E-state index in [9.17, 15) is 0 Å². The van der Waals surface area contributed by atoms with Crippen molar-refractivity contribution in [2.75, 3.05) is 6.67 Å². The molecule has 0 saturated carbocycles. The minimum absolute atomic E-state index is 0.576. The van der Waals surface area contributed by atoms with E-state index < -0.39 is 0 Å². The highest BCUT2D eigenvalue weighted by Gasteiger charge is 1.84. The van der Waals surface area contributed by atoms with Crippen LogP contribution in [0.1, 0.15) is 0 Å². The minimum Gasteiger partial charge on any atom is -0.223 e. The van der Waals surface area contributed by atoms with Crippen molar-refractivity contribution >= 4 is 12.4 Å². The van der Waals surface area contributed by atoms with Crippen molar-refractivity contribution in [1.29, 1.82) is 0 Å². The molecule has 0 aromatic heterocycles. The van der Waals surface area contributed by atoms with Crippen molar-refractivity contribution in [2.24, 2.45) is 4.99 Å². The third kappa shape index (κ3) is 1.30. The number of nitrogens with zero attached hydrogens (tertiary/aromatic N) is 2. The normalized spacial score (nSPS) is 17.1. The molecule has 1 rings (SSSR count). The first-order valence-electron chi connectivity index (χ1n) is 2.15. The monoisotopic (exact) mass is 94.1 g/mol. The number of allylic oxidation sites excluding steroid dienone is 2. The maximum atomic E-state index is 3.86. The van der Waals surface area contributed by atoms with Crippen molar-refractivity contribution in [3.8, 4) is 0 Å². The highest BCUT2D eigenvalue weighted by Crippen LogP contribution is 1.68. The highest BCUT2D eigenvalue weighted by atomic mass is 14.9. The highest BCUT2D eigenvalue weighted by molar-refractivity contribution is 5.81. The Kier molecular flexibility index (Phi) is 1.39. The lowest BCUT2D eigenvalue weighted by atomic mass is 10.5. The van der Waals surface area contributed by atoms with Gasteiger partial charge in [-0.05, 0) is 6.08 Å². The molecule has 1 radical (unpaired) electrons. The third-order valence-corrected chi connectivity index (χ3v) is 0.657. The number of rotatable bonds is 0. The second kappa shape index (κ2) is 2.29. The minimum atomic E-state index is 0.576. The van der Waals surface area contributed by atoms with Gasteiger partial charge in [-0.3, -0.25) is 0 Å². The van der Waals surface area contributed by atoms with Crippen molar-refractivity contribution in [2.45, 2.75) is 0 Å². The lowest BCUT2D eigenvalue weighted by molar-refractivity contribution is 0.992. The fourth-order valence-corrected chi connectivity index (χ4v) is 0.363. The molecule has 2 heteroatoms. The van der Waals surface area contributed by atoms with E-state index in [0.29, 0.717) is 6.67 Å². The molecule has 2 nitrogen and oxygen atoms in total. The number of hydrogen-bond acceptors (Lipinski definition) is 2. The van der Waals surface area contributed by atoms with Gasteiger partial charge in [0.25, 0.3) is 0 Å². The van der Waals surface area contributed by atoms with Gasteiger partial charge in [0.15, 0.2) is 0 Å². The van der Waals surface area contributed by atoms with Crippen LogP contribution in [0.4, 0.5) is 0 Å². The Hall–Kier alpha value is -0.920. The average Bonchev–Trinajstić information content (AvgIpc) is 1.90. The second-order valence-electron chi connectivity index (χ2n) is 1.19. The Morgan fingerprint density at radius 2 is 2.43 bits per heavy atom. The molecule has 0 aromatic carbocycles. The summed E-state index contributed by atoms with van der Waals surface area (Å²) >= 11 is 0. The van der Waals surface area contributed by atoms with Crippen LogP contribution in [0, 0.1) is 0 Å². The quantitative estimate of drug-likeness (QED) is 0.403. The second-order valence-corrected chi connectivity index (χ2v) is 1.19. The fraction of sp³-hybridized carbons (Fsp3) is 0.200. The van der Waals surface area contributed by atoms with E-state index >= 15 is 0 Å². The molecule has 0 saturated heterocycles. The van der Waals surface area contributed by atoms with Crippen LogP contribution in [0.3, 0.4) is 0 Å². The van der Waals surface area contributed by atoms with Gasteiger partial charge >= 0.3 is 6.67 Å². The maximum Gasteiger partial charge on any atom is 0.301 e. The van der Waals surface area contributed by atoms with Gasteiger partial charge in [0.2, 0.25) is 6.21 Å². The van der Waals surface area contributed by atoms with Gasteiger partial charge in [-0.1, -0.05) is 0 Å². The standard InChI is InChI=1S/C5H6N2/c1-2-4-7-5-6-3-1/h1-4H,5H2/q+1. The summed E-state index contributed by atoms with van der Waals surface area (Å²) in [6, 6.07) is 0. The first kappa shape index (κ1) is 4.24. The molecule has 0 N–H and O–H groups in total. The number of hydrogen-bond donors (Lipinski definition) is 0. The molecule has 0 aliphatic carbocycles. The first-order chi connectivity index (χ1) is 3.50. The summed E-state index contributed by atoms with van der Waals surface area (Å²) in [6.07, 6.45) is 7.20. The predicted molar refractivity (Wildman–Crippen MR) is 30.7 cm³/mol. The van der Waals surface area contributed by atoms with Crippen LogP contribution in [0.5, 0.6) is 0 Å². The molecule has 0 atom stereocenters. The van der Waals surface area contributed by atoms with E-state index in [-0.39, 0.29) is 0 Å². The molecule has 0 aromatic rings. The topological polar surface area (TPSA) is 26.5 Å². The smallest absolute Gasteiger partial charge is 0.223 e. The Morgan fingerprint density at radius 3 is 3.43 bits per heavy atom. The molecule has 7 heavy (non-hydrogen) atoms. The van der Waals surface area contributed by atoms with Crippen molar-refractivity contribution in [3.63, 3.8) is 0 Å². The predicted octanol–water partition coefficient (Wildman–Crippen LogP) is -0.00890. The Balaban J connectivity index is 2.60. The zero-order valence-corrected chi connectivity index (χ0v) is 3.91. The molecule has 0 unspecified atom stereocenters. The van der Waals surface area contributed by atoms with E-state index in [4.69, 9.17) is 0 Å². The molecule has 0 fully saturated rings. The van der Waals surface area contributed by atoms with Gasteiger partial charge in [0, 0.05) is 17.3 Å². The van der Waals surface area contributed by atoms with Crippen molar-refractivity contribution in [3.05, 3.63) is 12.2 Å². The molecule has 1 aliphatic heterocycles. The van der Waals surface area contributed by atoms with E-state index in [1.165, 1.54) is 0 Å². The molecule has 35 valence electrons. The molecule has 0 spiro atoms. The largest absolute Gasteiger partial charge is 0.301 e. The first-order valence-corrected chi connectivity index (χ1v) is 2.15. The van der Waals surface area contributed by atoms with Gasteiger partial charge in [-0.2, -0.15) is 0 Å². The van der Waals surface area contributed by atoms with Crippen LogP contribution in [0.2, 0.25) is 0 Å². The van der Waals surface area contributed by atoms with Crippen molar-refractivity contribution in [1.82, 2.24) is 4.99 Å². The van der Waals surface area contributed by atoms with Gasteiger partial charge in [0.1, 0.15) is 0 Å². The van der Waals surface area contributed by atoms with Gasteiger partial charge in [0.05, 0.1) is 0 Å². The number of aliphatic imine (C=N–C) groups is 2. The van der Waals surface area contributed by atoms with Gasteiger partial charge in [-0.25, -0.2) is 4.99 Å².